The number of hydrogen-bond acceptors (Lipinski definition) is 5. The molecule has 198 valence electrons. The van der Waals surface area contributed by atoms with E-state index < -0.39 is 5.51 Å². The molecule has 2 heterocycles. The van der Waals surface area contributed by atoms with Crippen LogP contribution in [0.15, 0.2) is 78.0 Å². The van der Waals surface area contributed by atoms with Crippen molar-refractivity contribution in [1.82, 2.24) is 14.9 Å². The van der Waals surface area contributed by atoms with Gasteiger partial charge in [0.25, 0.3) is 5.91 Å². The lowest BCUT2D eigenvalue weighted by atomic mass is 10.0. The summed E-state index contributed by atoms with van der Waals surface area (Å²) in [6, 6.07) is 19.0. The van der Waals surface area contributed by atoms with Gasteiger partial charge in [-0.1, -0.05) is 12.1 Å². The predicted octanol–water partition coefficient (Wildman–Crippen LogP) is 6.37. The van der Waals surface area contributed by atoms with Gasteiger partial charge in [0.15, 0.2) is 0 Å². The number of fused-ring (bicyclic) bond motifs is 1. The topological polar surface area (TPSA) is 65.4 Å². The van der Waals surface area contributed by atoms with Crippen molar-refractivity contribution < 1.29 is 27.4 Å². The molecule has 3 aromatic carbocycles. The fourth-order valence-corrected chi connectivity index (χ4v) is 4.85. The first-order chi connectivity index (χ1) is 18.3. The highest BCUT2D eigenvalue weighted by Gasteiger charge is 2.29. The molecule has 6 nitrogen and oxygen atoms in total. The number of carbonyl (C=O) groups excluding carboxylic acids is 1. The second-order valence-electron chi connectivity index (χ2n) is 9.06. The minimum absolute atomic E-state index is 0.108. The Hall–Kier alpha value is -3.50. The summed E-state index contributed by atoms with van der Waals surface area (Å²) >= 11 is -0.138. The number of ether oxygens (including phenoxy) is 2. The van der Waals surface area contributed by atoms with Crippen molar-refractivity contribution in [3.63, 3.8) is 0 Å². The monoisotopic (exact) mass is 541 g/mol. The summed E-state index contributed by atoms with van der Waals surface area (Å²) in [5.74, 6) is 0.976. The fraction of sp³-hybridized carbons (Fsp3) is 0.286. The highest BCUT2D eigenvalue weighted by atomic mass is 32.2. The van der Waals surface area contributed by atoms with Gasteiger partial charge in [-0.2, -0.15) is 13.2 Å². The summed E-state index contributed by atoms with van der Waals surface area (Å²) in [7, 11) is 0. The van der Waals surface area contributed by atoms with Crippen LogP contribution in [0.25, 0.3) is 16.7 Å². The van der Waals surface area contributed by atoms with Gasteiger partial charge in [0, 0.05) is 35.9 Å². The van der Waals surface area contributed by atoms with E-state index in [0.29, 0.717) is 23.8 Å². The number of amides is 1. The molecular weight excluding hydrogens is 515 g/mol. The second-order valence-corrected chi connectivity index (χ2v) is 10.2. The molecule has 1 aromatic heterocycles. The second kappa shape index (κ2) is 11.5. The average Bonchev–Trinajstić information content (AvgIpc) is 3.35. The molecule has 1 amide bonds. The summed E-state index contributed by atoms with van der Waals surface area (Å²) in [4.78, 5) is 17.3. The molecule has 38 heavy (non-hydrogen) atoms. The van der Waals surface area contributed by atoms with E-state index in [9.17, 15) is 18.0 Å². The lowest BCUT2D eigenvalue weighted by molar-refractivity contribution is -0.0328. The van der Waals surface area contributed by atoms with Crippen LogP contribution in [0.2, 0.25) is 0 Å². The van der Waals surface area contributed by atoms with Crippen LogP contribution in [0.4, 0.5) is 13.2 Å². The van der Waals surface area contributed by atoms with E-state index in [1.807, 2.05) is 34.9 Å². The Balaban J connectivity index is 1.19. The summed E-state index contributed by atoms with van der Waals surface area (Å²) < 4.78 is 50.5. The highest BCUT2D eigenvalue weighted by Crippen LogP contribution is 2.36. The lowest BCUT2D eigenvalue weighted by Crippen LogP contribution is -2.32. The highest BCUT2D eigenvalue weighted by molar-refractivity contribution is 8.00. The molecule has 0 radical (unpaired) electrons. The van der Waals surface area contributed by atoms with Crippen molar-refractivity contribution in [2.24, 2.45) is 5.92 Å². The summed E-state index contributed by atoms with van der Waals surface area (Å²) in [5, 5.41) is 3.02. The molecule has 1 fully saturated rings. The minimum atomic E-state index is -4.30. The molecule has 1 aliphatic rings. The first-order valence-corrected chi connectivity index (χ1v) is 13.1. The van der Waals surface area contributed by atoms with Gasteiger partial charge in [-0.3, -0.25) is 9.36 Å². The zero-order valence-corrected chi connectivity index (χ0v) is 21.2. The zero-order chi connectivity index (χ0) is 26.5. The van der Waals surface area contributed by atoms with E-state index in [-0.39, 0.29) is 29.2 Å². The van der Waals surface area contributed by atoms with E-state index in [0.717, 1.165) is 48.3 Å². The van der Waals surface area contributed by atoms with E-state index >= 15 is 0 Å². The van der Waals surface area contributed by atoms with Crippen LogP contribution in [0.3, 0.4) is 0 Å². The molecule has 1 saturated heterocycles. The molecule has 0 bridgehead atoms. The van der Waals surface area contributed by atoms with Gasteiger partial charge in [0.1, 0.15) is 18.7 Å². The Labute approximate surface area is 222 Å². The Bertz CT molecular complexity index is 1380. The van der Waals surface area contributed by atoms with Gasteiger partial charge < -0.3 is 14.8 Å². The third-order valence-electron chi connectivity index (χ3n) is 6.38. The van der Waals surface area contributed by atoms with Gasteiger partial charge >= 0.3 is 5.51 Å². The third-order valence-corrected chi connectivity index (χ3v) is 7.12. The Morgan fingerprint density at radius 2 is 1.79 bits per heavy atom. The number of nitrogens with zero attached hydrogens (tertiary/aromatic N) is 2. The SMILES string of the molecule is O=C(NCC1CCOCC1)c1ccc2c(c1)ncn2-c1ccc(OCc2ccc(SC(F)(F)F)cc2)cc1. The number of carbonyl (C=O) groups is 1. The molecule has 10 heteroatoms. The molecule has 0 spiro atoms. The number of benzene rings is 3. The quantitative estimate of drug-likeness (QED) is 0.263. The Morgan fingerprint density at radius 1 is 1.05 bits per heavy atom. The van der Waals surface area contributed by atoms with Crippen LogP contribution in [0.1, 0.15) is 28.8 Å². The van der Waals surface area contributed by atoms with Crippen LogP contribution in [0.5, 0.6) is 5.75 Å². The summed E-state index contributed by atoms with van der Waals surface area (Å²) in [5.41, 5.74) is -0.489. The maximum Gasteiger partial charge on any atom is 0.446 e. The maximum atomic E-state index is 12.6. The average molecular weight is 542 g/mol. The van der Waals surface area contributed by atoms with Crippen molar-refractivity contribution in [2.75, 3.05) is 19.8 Å². The molecule has 5 rings (SSSR count). The van der Waals surface area contributed by atoms with Crippen molar-refractivity contribution >= 4 is 28.7 Å². The fourth-order valence-electron chi connectivity index (χ4n) is 4.31. The smallest absolute Gasteiger partial charge is 0.446 e. The molecule has 0 saturated carbocycles. The van der Waals surface area contributed by atoms with Crippen LogP contribution in [0, 0.1) is 5.92 Å². The van der Waals surface area contributed by atoms with E-state index in [1.165, 1.54) is 12.1 Å². The molecule has 0 atom stereocenters. The lowest BCUT2D eigenvalue weighted by Gasteiger charge is -2.22. The standard InChI is InChI=1S/C28H26F3N3O3S/c29-28(30,31)38-24-8-1-20(2-9-24)17-37-23-6-4-22(5-7-23)34-18-33-25-15-21(3-10-26(25)34)27(35)32-16-19-11-13-36-14-12-19/h1-10,15,18-19H,11-14,16-17H2,(H,32,35). The first kappa shape index (κ1) is 26.1. The summed E-state index contributed by atoms with van der Waals surface area (Å²) in [6.45, 7) is 2.38. The Kier molecular flexibility index (Phi) is 7.90. The van der Waals surface area contributed by atoms with Crippen LogP contribution in [-0.2, 0) is 11.3 Å². The van der Waals surface area contributed by atoms with Crippen LogP contribution in [-0.4, -0.2) is 40.7 Å². The molecule has 1 aliphatic heterocycles. The van der Waals surface area contributed by atoms with Crippen molar-refractivity contribution in [1.29, 1.82) is 0 Å². The van der Waals surface area contributed by atoms with Gasteiger partial charge in [-0.05, 0) is 90.7 Å². The van der Waals surface area contributed by atoms with Crippen LogP contribution < -0.4 is 10.1 Å². The van der Waals surface area contributed by atoms with Gasteiger partial charge in [0.05, 0.1) is 11.0 Å². The van der Waals surface area contributed by atoms with Crippen molar-refractivity contribution in [3.05, 3.63) is 84.2 Å². The van der Waals surface area contributed by atoms with E-state index in [4.69, 9.17) is 9.47 Å². The molecule has 0 aliphatic carbocycles. The predicted molar refractivity (Wildman–Crippen MR) is 140 cm³/mol. The van der Waals surface area contributed by atoms with Gasteiger partial charge in [-0.25, -0.2) is 4.98 Å². The largest absolute Gasteiger partial charge is 0.489 e. The normalized spacial score (nSPS) is 14.5. The zero-order valence-electron chi connectivity index (χ0n) is 20.4. The number of thioether (sulfide) groups is 1. The van der Waals surface area contributed by atoms with E-state index in [2.05, 4.69) is 10.3 Å². The first-order valence-electron chi connectivity index (χ1n) is 12.2. The number of aromatic nitrogens is 2. The summed E-state index contributed by atoms with van der Waals surface area (Å²) in [6.07, 6.45) is 3.64. The number of nitrogens with one attached hydrogen (secondary N) is 1. The van der Waals surface area contributed by atoms with Crippen LogP contribution >= 0.6 is 11.8 Å². The van der Waals surface area contributed by atoms with Gasteiger partial charge in [0.2, 0.25) is 0 Å². The van der Waals surface area contributed by atoms with Crippen molar-refractivity contribution in [3.8, 4) is 11.4 Å². The van der Waals surface area contributed by atoms with Gasteiger partial charge in [-0.15, -0.1) is 0 Å². The number of rotatable bonds is 8. The molecule has 4 aromatic rings. The molecular formula is C28H26F3N3O3S. The molecule has 1 N–H and O–H groups in total. The van der Waals surface area contributed by atoms with Crippen molar-refractivity contribution in [2.45, 2.75) is 29.9 Å². The Morgan fingerprint density at radius 3 is 2.50 bits per heavy atom. The maximum absolute atomic E-state index is 12.6. The molecule has 0 unspecified atom stereocenters. The number of alkyl halides is 3. The minimum Gasteiger partial charge on any atom is -0.489 e. The number of hydrogen-bond donors (Lipinski definition) is 1. The number of halogens is 3. The van der Waals surface area contributed by atoms with E-state index in [1.54, 1.807) is 30.6 Å². The third kappa shape index (κ3) is 6.68. The number of imidazole rings is 1.